The number of alkyl halides is 3. The number of nitrogens with one attached hydrogen (secondary N) is 3. The number of amides is 5. The van der Waals surface area contributed by atoms with Gasteiger partial charge in [-0.25, -0.2) is 14.0 Å². The zero-order chi connectivity index (χ0) is 40.4. The Bertz CT molecular complexity index is 1880. The first kappa shape index (κ1) is 40.3. The fourth-order valence-corrected chi connectivity index (χ4v) is 7.27. The van der Waals surface area contributed by atoms with E-state index >= 15 is 0 Å². The molecule has 1 aliphatic carbocycles. The van der Waals surface area contributed by atoms with E-state index in [0.717, 1.165) is 24.6 Å². The zero-order valence-corrected chi connectivity index (χ0v) is 31.2. The summed E-state index contributed by atoms with van der Waals surface area (Å²) in [4.78, 5) is 76.4. The van der Waals surface area contributed by atoms with Crippen LogP contribution in [-0.4, -0.2) is 75.6 Å². The molecule has 17 heteroatoms. The summed E-state index contributed by atoms with van der Waals surface area (Å²) in [5.41, 5.74) is -0.261. The van der Waals surface area contributed by atoms with Crippen LogP contribution in [0, 0.1) is 11.7 Å². The molecule has 3 aliphatic heterocycles. The quantitative estimate of drug-likeness (QED) is 0.199. The summed E-state index contributed by atoms with van der Waals surface area (Å²) in [5, 5.41) is 5.42. The lowest BCUT2D eigenvalue weighted by molar-refractivity contribution is -0.142. The number of allylic oxidation sites excluding steroid dienone is 1. The third kappa shape index (κ3) is 9.36. The fraction of sp³-hybridized carbons (Fsp3) is 0.513. The van der Waals surface area contributed by atoms with E-state index in [1.807, 2.05) is 6.08 Å². The molecule has 1 saturated carbocycles. The third-order valence-corrected chi connectivity index (χ3v) is 10.2. The van der Waals surface area contributed by atoms with Crippen molar-refractivity contribution in [3.63, 3.8) is 0 Å². The molecule has 0 unspecified atom stereocenters. The molecule has 1 saturated heterocycles. The minimum atomic E-state index is -4.65. The van der Waals surface area contributed by atoms with Gasteiger partial charge in [-0.05, 0) is 76.3 Å². The van der Waals surface area contributed by atoms with Gasteiger partial charge in [0.25, 0.3) is 5.91 Å². The number of nitrogens with zero attached hydrogens (tertiary/aromatic N) is 2. The molecule has 56 heavy (non-hydrogen) atoms. The predicted octanol–water partition coefficient (Wildman–Crippen LogP) is 5.66. The number of hydroxylamine groups is 1. The van der Waals surface area contributed by atoms with E-state index < -0.39 is 82.7 Å². The van der Waals surface area contributed by atoms with Crippen LogP contribution in [0.4, 0.5) is 27.2 Å². The molecule has 13 nitrogen and oxygen atoms in total. The summed E-state index contributed by atoms with van der Waals surface area (Å²) in [5.74, 6) is -3.47. The molecule has 2 fully saturated rings. The molecule has 5 atom stereocenters. The van der Waals surface area contributed by atoms with Crippen LogP contribution < -0.4 is 21.0 Å². The van der Waals surface area contributed by atoms with Crippen molar-refractivity contribution in [1.82, 2.24) is 25.9 Å². The Morgan fingerprint density at radius 2 is 1.77 bits per heavy atom. The van der Waals surface area contributed by atoms with Crippen LogP contribution in [0.15, 0.2) is 54.6 Å². The summed E-state index contributed by atoms with van der Waals surface area (Å²) in [6, 6.07) is 6.09. The lowest BCUT2D eigenvalue weighted by Gasteiger charge is -2.30. The summed E-state index contributed by atoms with van der Waals surface area (Å²) in [7, 11) is 0. The van der Waals surface area contributed by atoms with Crippen molar-refractivity contribution in [1.29, 1.82) is 0 Å². The van der Waals surface area contributed by atoms with Crippen LogP contribution >= 0.6 is 0 Å². The Morgan fingerprint density at radius 3 is 2.50 bits per heavy atom. The van der Waals surface area contributed by atoms with E-state index in [-0.39, 0.29) is 44.6 Å². The molecule has 4 aliphatic rings. The Labute approximate surface area is 321 Å². The molecule has 5 amide bonds. The van der Waals surface area contributed by atoms with Crippen molar-refractivity contribution >= 4 is 29.9 Å². The average molecular weight is 788 g/mol. The van der Waals surface area contributed by atoms with Crippen molar-refractivity contribution in [2.75, 3.05) is 6.54 Å². The van der Waals surface area contributed by atoms with Crippen LogP contribution in [0.1, 0.15) is 82.4 Å². The normalized spacial score (nSPS) is 26.0. The van der Waals surface area contributed by atoms with Crippen molar-refractivity contribution < 1.29 is 55.8 Å². The van der Waals surface area contributed by atoms with Crippen LogP contribution in [0.25, 0.3) is 0 Å². The molecule has 6 rings (SSSR count). The molecule has 0 aromatic heterocycles. The molecule has 2 aromatic rings. The minimum absolute atomic E-state index is 0.0306. The maximum absolute atomic E-state index is 14.4. The summed E-state index contributed by atoms with van der Waals surface area (Å²) in [6.45, 7) is 4.86. The van der Waals surface area contributed by atoms with E-state index in [2.05, 4.69) is 16.1 Å². The first-order valence-electron chi connectivity index (χ1n) is 18.6. The highest BCUT2D eigenvalue weighted by atomic mass is 19.4. The Kier molecular flexibility index (Phi) is 11.5. The number of fused-ring (bicyclic) bond motifs is 3. The second-order valence-corrected chi connectivity index (χ2v) is 15.6. The zero-order valence-electron chi connectivity index (χ0n) is 31.2. The highest BCUT2D eigenvalue weighted by Crippen LogP contribution is 2.46. The molecule has 3 N–H and O–H groups in total. The van der Waals surface area contributed by atoms with Gasteiger partial charge < -0.3 is 29.8 Å². The summed E-state index contributed by atoms with van der Waals surface area (Å²) in [6.07, 6.45) is -0.861. The number of halogens is 4. The lowest BCUT2D eigenvalue weighted by atomic mass is 10.0. The molecular formula is C39H45F4N5O8. The number of carbonyl (C=O) groups is 5. The molecular weight excluding hydrogens is 742 g/mol. The second kappa shape index (κ2) is 16.0. The number of carbonyl (C=O) groups excluding carboxylic acids is 5. The van der Waals surface area contributed by atoms with Crippen LogP contribution in [0.5, 0.6) is 5.75 Å². The monoisotopic (exact) mass is 787 g/mol. The lowest BCUT2D eigenvalue weighted by Crippen LogP contribution is -2.58. The maximum atomic E-state index is 14.4. The Balaban J connectivity index is 1.24. The first-order chi connectivity index (χ1) is 26.4. The van der Waals surface area contributed by atoms with Crippen molar-refractivity contribution in [2.45, 2.75) is 114 Å². The minimum Gasteiger partial charge on any atom is -0.444 e. The number of rotatable bonds is 5. The van der Waals surface area contributed by atoms with Gasteiger partial charge in [0.15, 0.2) is 5.75 Å². The highest BCUT2D eigenvalue weighted by molar-refractivity contribution is 5.98. The predicted molar refractivity (Wildman–Crippen MR) is 191 cm³/mol. The molecule has 302 valence electrons. The van der Waals surface area contributed by atoms with Crippen LogP contribution in [-0.2, 0) is 43.1 Å². The van der Waals surface area contributed by atoms with Gasteiger partial charge in [-0.3, -0.25) is 19.3 Å². The van der Waals surface area contributed by atoms with Crippen molar-refractivity contribution in [3.8, 4) is 5.75 Å². The van der Waals surface area contributed by atoms with Crippen molar-refractivity contribution in [2.24, 2.45) is 5.92 Å². The first-order valence-corrected chi connectivity index (χ1v) is 18.6. The van der Waals surface area contributed by atoms with Gasteiger partial charge in [-0.2, -0.15) is 18.7 Å². The van der Waals surface area contributed by atoms with Crippen LogP contribution in [0.2, 0.25) is 0 Å². The van der Waals surface area contributed by atoms with Crippen molar-refractivity contribution in [3.05, 3.63) is 77.1 Å². The number of alkyl carbamates (subject to hydrolysis) is 1. The van der Waals surface area contributed by atoms with E-state index in [0.29, 0.717) is 30.4 Å². The topological polar surface area (TPSA) is 156 Å². The molecule has 2 aromatic carbocycles. The van der Waals surface area contributed by atoms with E-state index in [1.54, 1.807) is 39.0 Å². The van der Waals surface area contributed by atoms with E-state index in [9.17, 15) is 41.5 Å². The number of hydrogen-bond donors (Lipinski definition) is 3. The molecule has 0 bridgehead atoms. The second-order valence-electron chi connectivity index (χ2n) is 15.6. The molecule has 0 radical (unpaired) electrons. The number of benzene rings is 2. The number of ether oxygens (including phenoxy) is 2. The van der Waals surface area contributed by atoms with Gasteiger partial charge >= 0.3 is 18.4 Å². The van der Waals surface area contributed by atoms with E-state index in [1.165, 1.54) is 21.9 Å². The SMILES string of the molecule is CC(C)(C)OC(=O)N[C@H]1CCCCC/C=C\[C@H]2C[C@@]2(C(=O)NOc2cccc(C(F)(F)F)c2)NC(=O)[C@@H]2C[C@@H](OC(=O)N3Cc4cccc(F)c4C3)CN2C1=O. The van der Waals surface area contributed by atoms with Gasteiger partial charge in [0.1, 0.15) is 35.1 Å². The van der Waals surface area contributed by atoms with Gasteiger partial charge in [0, 0.05) is 24.4 Å². The fourth-order valence-electron chi connectivity index (χ4n) is 7.27. The van der Waals surface area contributed by atoms with Gasteiger partial charge in [-0.1, -0.05) is 43.2 Å². The smallest absolute Gasteiger partial charge is 0.416 e. The molecule has 0 spiro atoms. The summed E-state index contributed by atoms with van der Waals surface area (Å²) >= 11 is 0. The Morgan fingerprint density at radius 1 is 1.00 bits per heavy atom. The summed E-state index contributed by atoms with van der Waals surface area (Å²) < 4.78 is 65.6. The van der Waals surface area contributed by atoms with Crippen LogP contribution in [0.3, 0.4) is 0 Å². The largest absolute Gasteiger partial charge is 0.444 e. The van der Waals surface area contributed by atoms with Gasteiger partial charge in [0.2, 0.25) is 11.8 Å². The van der Waals surface area contributed by atoms with E-state index in [4.69, 9.17) is 14.3 Å². The number of hydrogen-bond acceptors (Lipinski definition) is 8. The van der Waals surface area contributed by atoms with Gasteiger partial charge in [-0.15, -0.1) is 0 Å². The molecule has 3 heterocycles. The third-order valence-electron chi connectivity index (χ3n) is 10.2. The van der Waals surface area contributed by atoms with Gasteiger partial charge in [0.05, 0.1) is 18.7 Å². The maximum Gasteiger partial charge on any atom is 0.416 e. The highest BCUT2D eigenvalue weighted by Gasteiger charge is 2.61. The standard InChI is InChI=1S/C39H45F4N5O8/c1-37(2,3)55-35(52)44-30-16-8-6-4-5-7-12-25-19-38(25,34(51)46-56-26-14-10-13-24(17-26)39(41,42)43)45-32(49)31-18-27(21-48(31)33(30)50)54-36(53)47-20-23-11-9-15-29(40)28(23)22-47/h7,9-15,17,25,27,30-31H,4-6,8,16,18-22H2,1-3H3,(H,44,52)(H,45,49)(H,46,51)/b12-7-/t25-,27+,30-,31-,38+/m0/s1. The Hall–Kier alpha value is -5.35. The average Bonchev–Trinajstić information content (AvgIpc) is 3.42.